The van der Waals surface area contributed by atoms with Crippen molar-refractivity contribution in [3.63, 3.8) is 0 Å². The quantitative estimate of drug-likeness (QED) is 0.174. The summed E-state index contributed by atoms with van der Waals surface area (Å²) in [5.74, 6) is 0.397. The molecule has 0 spiro atoms. The summed E-state index contributed by atoms with van der Waals surface area (Å²) >= 11 is 0. The first-order chi connectivity index (χ1) is 11.5. The number of nitrogens with one attached hydrogen (secondary N) is 2. The van der Waals surface area contributed by atoms with E-state index >= 15 is 0 Å². The third kappa shape index (κ3) is 11.5. The third-order valence-electron chi connectivity index (χ3n) is 2.92. The SMILES string of the molecule is [C-]#[N+]C(=N)CCCN(CCN=C(N)CC#N)CCNC(N)=NC#N. The number of amidine groups is 2. The number of nitrogens with zero attached hydrogens (tertiary/aromatic N) is 6. The molecule has 0 aromatic heterocycles. The van der Waals surface area contributed by atoms with Gasteiger partial charge in [-0.15, -0.1) is 4.99 Å². The van der Waals surface area contributed by atoms with Crippen LogP contribution in [0.3, 0.4) is 0 Å². The lowest BCUT2D eigenvalue weighted by molar-refractivity contribution is 0.283. The average molecular weight is 330 g/mol. The van der Waals surface area contributed by atoms with Crippen molar-refractivity contribution in [2.45, 2.75) is 19.3 Å². The maximum atomic E-state index is 8.53. The summed E-state index contributed by atoms with van der Waals surface area (Å²) in [6.07, 6.45) is 2.80. The fraction of sp³-hybridized carbons (Fsp3) is 0.571. The summed E-state index contributed by atoms with van der Waals surface area (Å²) < 4.78 is 0. The highest BCUT2D eigenvalue weighted by Crippen LogP contribution is 1.98. The fourth-order valence-corrected chi connectivity index (χ4v) is 1.77. The van der Waals surface area contributed by atoms with E-state index in [-0.39, 0.29) is 18.2 Å². The number of guanidine groups is 1. The molecule has 0 fully saturated rings. The van der Waals surface area contributed by atoms with Gasteiger partial charge in [-0.3, -0.25) is 9.89 Å². The Balaban J connectivity index is 4.38. The van der Waals surface area contributed by atoms with Crippen molar-refractivity contribution in [3.8, 4) is 12.3 Å². The number of hydrogen-bond donors (Lipinski definition) is 4. The van der Waals surface area contributed by atoms with Gasteiger partial charge in [-0.05, 0) is 19.4 Å². The van der Waals surface area contributed by atoms with Crippen LogP contribution in [0, 0.1) is 34.8 Å². The third-order valence-corrected chi connectivity index (χ3v) is 2.92. The smallest absolute Gasteiger partial charge is 0.238 e. The standard InChI is InChI=1S/C14H22N10/c1-20-12(17)3-2-8-24(9-6-21-13(18)4-5-15)10-7-22-14(19)23-11-16/h17H,2-4,6-10H2,(H2,18,21)(H3,19,22,23). The van der Waals surface area contributed by atoms with Gasteiger partial charge in [0, 0.05) is 19.6 Å². The van der Waals surface area contributed by atoms with E-state index in [4.69, 9.17) is 34.0 Å². The van der Waals surface area contributed by atoms with Gasteiger partial charge in [-0.2, -0.15) is 15.9 Å². The second-order valence-electron chi connectivity index (χ2n) is 4.74. The van der Waals surface area contributed by atoms with Crippen LogP contribution in [0.4, 0.5) is 0 Å². The summed E-state index contributed by atoms with van der Waals surface area (Å²) in [7, 11) is 0. The number of aliphatic imine (C=N–C) groups is 2. The topological polar surface area (TPSA) is 168 Å². The van der Waals surface area contributed by atoms with Gasteiger partial charge in [0.05, 0.1) is 19.0 Å². The Kier molecular flexibility index (Phi) is 11.7. The van der Waals surface area contributed by atoms with Crippen LogP contribution in [0.1, 0.15) is 19.3 Å². The lowest BCUT2D eigenvalue weighted by Crippen LogP contribution is -2.39. The van der Waals surface area contributed by atoms with Crippen LogP contribution < -0.4 is 16.8 Å². The lowest BCUT2D eigenvalue weighted by Gasteiger charge is -2.21. The summed E-state index contributed by atoms with van der Waals surface area (Å²) in [4.78, 5) is 12.6. The molecule has 0 aromatic rings. The van der Waals surface area contributed by atoms with E-state index in [0.29, 0.717) is 51.4 Å². The Bertz CT molecular complexity index is 572. The van der Waals surface area contributed by atoms with Crippen molar-refractivity contribution in [1.82, 2.24) is 10.2 Å². The summed E-state index contributed by atoms with van der Waals surface area (Å²) in [5.41, 5.74) is 11.0. The minimum absolute atomic E-state index is 0.0368. The maximum Gasteiger partial charge on any atom is 0.238 e. The van der Waals surface area contributed by atoms with E-state index in [1.54, 1.807) is 6.19 Å². The molecule has 0 heterocycles. The van der Waals surface area contributed by atoms with E-state index in [1.807, 2.05) is 6.07 Å². The Hall–Kier alpha value is -3.16. The lowest BCUT2D eigenvalue weighted by atomic mass is 10.2. The molecule has 0 saturated heterocycles. The van der Waals surface area contributed by atoms with Crippen molar-refractivity contribution >= 4 is 17.6 Å². The van der Waals surface area contributed by atoms with E-state index < -0.39 is 0 Å². The maximum absolute atomic E-state index is 8.53. The van der Waals surface area contributed by atoms with E-state index in [1.165, 1.54) is 0 Å². The normalized spacial score (nSPS) is 11.4. The Morgan fingerprint density at radius 2 is 2.04 bits per heavy atom. The van der Waals surface area contributed by atoms with Crippen LogP contribution in [0.25, 0.3) is 4.85 Å². The first-order valence-electron chi connectivity index (χ1n) is 7.32. The van der Waals surface area contributed by atoms with Gasteiger partial charge in [-0.1, -0.05) is 6.57 Å². The van der Waals surface area contributed by atoms with Crippen LogP contribution >= 0.6 is 0 Å². The number of nitriles is 2. The number of hydrogen-bond acceptors (Lipinski definition) is 6. The van der Waals surface area contributed by atoms with Crippen LogP contribution in [0.15, 0.2) is 9.98 Å². The largest absolute Gasteiger partial charge is 0.387 e. The molecule has 0 aromatic carbocycles. The van der Waals surface area contributed by atoms with Gasteiger partial charge >= 0.3 is 0 Å². The van der Waals surface area contributed by atoms with Gasteiger partial charge < -0.3 is 21.6 Å². The first kappa shape index (κ1) is 20.8. The number of rotatable bonds is 11. The van der Waals surface area contributed by atoms with Crippen molar-refractivity contribution < 1.29 is 0 Å². The summed E-state index contributed by atoms with van der Waals surface area (Å²) in [6, 6.07) is 1.93. The van der Waals surface area contributed by atoms with Gasteiger partial charge in [0.2, 0.25) is 18.0 Å². The van der Waals surface area contributed by atoms with Crippen LogP contribution in [0.2, 0.25) is 0 Å². The predicted octanol–water partition coefficient (Wildman–Crippen LogP) is -0.379. The van der Waals surface area contributed by atoms with E-state index in [2.05, 4.69) is 25.0 Å². The molecule has 0 rings (SSSR count). The molecular weight excluding hydrogens is 308 g/mol. The second kappa shape index (κ2) is 13.5. The molecule has 10 heteroatoms. The monoisotopic (exact) mass is 330 g/mol. The van der Waals surface area contributed by atoms with Crippen molar-refractivity contribution in [3.05, 3.63) is 11.4 Å². The molecule has 0 aliphatic carbocycles. The zero-order valence-electron chi connectivity index (χ0n) is 13.5. The van der Waals surface area contributed by atoms with Crippen LogP contribution in [0.5, 0.6) is 0 Å². The summed E-state index contributed by atoms with van der Waals surface area (Å²) in [5, 5.41) is 27.1. The van der Waals surface area contributed by atoms with Crippen molar-refractivity contribution in [2.75, 3.05) is 32.7 Å². The van der Waals surface area contributed by atoms with Crippen molar-refractivity contribution in [2.24, 2.45) is 21.5 Å². The molecule has 0 aliphatic rings. The van der Waals surface area contributed by atoms with Gasteiger partial charge in [0.1, 0.15) is 5.84 Å². The zero-order valence-corrected chi connectivity index (χ0v) is 13.5. The molecule has 0 radical (unpaired) electrons. The Morgan fingerprint density at radius 1 is 1.29 bits per heavy atom. The molecule has 0 amide bonds. The fourth-order valence-electron chi connectivity index (χ4n) is 1.77. The summed E-state index contributed by atoms with van der Waals surface area (Å²) in [6.45, 7) is 9.63. The van der Waals surface area contributed by atoms with Gasteiger partial charge in [0.15, 0.2) is 0 Å². The second-order valence-corrected chi connectivity index (χ2v) is 4.74. The molecule has 0 aliphatic heterocycles. The molecule has 6 N–H and O–H groups in total. The molecule has 10 nitrogen and oxygen atoms in total. The molecular formula is C14H22N10. The van der Waals surface area contributed by atoms with Crippen molar-refractivity contribution in [1.29, 1.82) is 15.9 Å². The van der Waals surface area contributed by atoms with Crippen LogP contribution in [-0.4, -0.2) is 55.3 Å². The zero-order chi connectivity index (χ0) is 18.2. The highest BCUT2D eigenvalue weighted by atomic mass is 15.2. The number of nitrogens with two attached hydrogens (primary N) is 2. The Morgan fingerprint density at radius 3 is 2.67 bits per heavy atom. The van der Waals surface area contributed by atoms with Crippen LogP contribution in [-0.2, 0) is 0 Å². The van der Waals surface area contributed by atoms with E-state index in [0.717, 1.165) is 0 Å². The molecule has 128 valence electrons. The minimum Gasteiger partial charge on any atom is -0.387 e. The highest BCUT2D eigenvalue weighted by Gasteiger charge is 2.06. The molecule has 0 saturated carbocycles. The molecule has 0 bridgehead atoms. The molecule has 0 atom stereocenters. The highest BCUT2D eigenvalue weighted by molar-refractivity contribution is 5.88. The minimum atomic E-state index is 0.0368. The van der Waals surface area contributed by atoms with Gasteiger partial charge in [-0.25, -0.2) is 0 Å². The predicted molar refractivity (Wildman–Crippen MR) is 92.0 cm³/mol. The van der Waals surface area contributed by atoms with Gasteiger partial charge in [0.25, 0.3) is 0 Å². The molecule has 24 heavy (non-hydrogen) atoms. The molecule has 0 unspecified atom stereocenters. The first-order valence-corrected chi connectivity index (χ1v) is 7.32. The Labute approximate surface area is 141 Å². The average Bonchev–Trinajstić information content (AvgIpc) is 2.54. The van der Waals surface area contributed by atoms with E-state index in [9.17, 15) is 0 Å².